The Morgan fingerprint density at radius 2 is 1.91 bits per heavy atom. The minimum Gasteiger partial charge on any atom is -0.497 e. The van der Waals surface area contributed by atoms with E-state index < -0.39 is 0 Å². The van der Waals surface area contributed by atoms with Crippen LogP contribution in [0.25, 0.3) is 0 Å². The number of carbonyl (C=O) groups is 1. The molecule has 23 heavy (non-hydrogen) atoms. The molecule has 0 atom stereocenters. The molecule has 2 rings (SSSR count). The Hall–Kier alpha value is -2.76. The summed E-state index contributed by atoms with van der Waals surface area (Å²) in [6, 6.07) is 11.3. The first-order valence-corrected chi connectivity index (χ1v) is 7.47. The predicted molar refractivity (Wildman–Crippen MR) is 91.8 cm³/mol. The van der Waals surface area contributed by atoms with Crippen LogP contribution in [0.4, 0.5) is 16.3 Å². The van der Waals surface area contributed by atoms with Crippen molar-refractivity contribution in [3.8, 4) is 5.75 Å². The summed E-state index contributed by atoms with van der Waals surface area (Å²) in [5, 5.41) is 8.72. The molecule has 0 aliphatic carbocycles. The van der Waals surface area contributed by atoms with Crippen molar-refractivity contribution in [2.45, 2.75) is 26.4 Å². The van der Waals surface area contributed by atoms with Gasteiger partial charge in [-0.25, -0.2) is 9.78 Å². The molecule has 6 nitrogen and oxygen atoms in total. The zero-order chi connectivity index (χ0) is 16.7. The van der Waals surface area contributed by atoms with Crippen LogP contribution in [0, 0.1) is 0 Å². The summed E-state index contributed by atoms with van der Waals surface area (Å²) < 4.78 is 5.13. The van der Waals surface area contributed by atoms with E-state index in [9.17, 15) is 4.79 Å². The largest absolute Gasteiger partial charge is 0.497 e. The van der Waals surface area contributed by atoms with Crippen molar-refractivity contribution in [2.75, 3.05) is 17.7 Å². The quantitative estimate of drug-likeness (QED) is 0.765. The number of amides is 2. The lowest BCUT2D eigenvalue weighted by Crippen LogP contribution is -2.34. The van der Waals surface area contributed by atoms with Crippen LogP contribution < -0.4 is 20.7 Å². The molecule has 1 heterocycles. The van der Waals surface area contributed by atoms with Crippen LogP contribution >= 0.6 is 0 Å². The molecule has 6 heteroatoms. The van der Waals surface area contributed by atoms with Gasteiger partial charge in [-0.3, -0.25) is 0 Å². The maximum absolute atomic E-state index is 11.6. The van der Waals surface area contributed by atoms with E-state index in [0.29, 0.717) is 12.2 Å². The fraction of sp³-hybridized carbons (Fsp3) is 0.294. The van der Waals surface area contributed by atoms with Crippen molar-refractivity contribution in [3.63, 3.8) is 0 Å². The zero-order valence-corrected chi connectivity index (χ0v) is 13.6. The number of rotatable bonds is 6. The molecule has 0 spiro atoms. The number of aromatic nitrogens is 1. The van der Waals surface area contributed by atoms with E-state index in [1.165, 1.54) is 0 Å². The van der Waals surface area contributed by atoms with Crippen molar-refractivity contribution in [1.82, 2.24) is 10.3 Å². The Morgan fingerprint density at radius 3 is 2.48 bits per heavy atom. The SMILES string of the molecule is COc1ccc(CNc2ccc(NC(=O)NC(C)C)cn2)cc1. The normalized spacial score (nSPS) is 10.3. The van der Waals surface area contributed by atoms with Gasteiger partial charge in [0.05, 0.1) is 19.0 Å². The van der Waals surface area contributed by atoms with E-state index in [-0.39, 0.29) is 12.1 Å². The van der Waals surface area contributed by atoms with Crippen molar-refractivity contribution in [3.05, 3.63) is 48.2 Å². The number of anilines is 2. The minimum absolute atomic E-state index is 0.0911. The number of pyridine rings is 1. The third-order valence-corrected chi connectivity index (χ3v) is 3.07. The minimum atomic E-state index is -0.235. The summed E-state index contributed by atoms with van der Waals surface area (Å²) in [7, 11) is 1.65. The molecule has 0 unspecified atom stereocenters. The molecule has 0 radical (unpaired) electrons. The molecular formula is C17H22N4O2. The van der Waals surface area contributed by atoms with Crippen LogP contribution in [-0.4, -0.2) is 24.2 Å². The van der Waals surface area contributed by atoms with Crippen LogP contribution in [0.1, 0.15) is 19.4 Å². The first kappa shape index (κ1) is 16.6. The Balaban J connectivity index is 1.85. The molecule has 0 fully saturated rings. The van der Waals surface area contributed by atoms with Gasteiger partial charge in [0, 0.05) is 12.6 Å². The van der Waals surface area contributed by atoms with Crippen LogP contribution in [0.3, 0.4) is 0 Å². The Bertz CT molecular complexity index is 624. The monoisotopic (exact) mass is 314 g/mol. The predicted octanol–water partition coefficient (Wildman–Crippen LogP) is 3.23. The topological polar surface area (TPSA) is 75.3 Å². The number of urea groups is 1. The summed E-state index contributed by atoms with van der Waals surface area (Å²) in [6.45, 7) is 4.48. The highest BCUT2D eigenvalue weighted by Crippen LogP contribution is 2.14. The average Bonchev–Trinajstić information content (AvgIpc) is 2.54. The second-order valence-corrected chi connectivity index (χ2v) is 5.39. The Labute approximate surface area is 136 Å². The molecule has 2 aromatic rings. The molecule has 1 aromatic carbocycles. The van der Waals surface area contributed by atoms with Gasteiger partial charge in [0.2, 0.25) is 0 Å². The molecule has 0 saturated heterocycles. The number of methoxy groups -OCH3 is 1. The Morgan fingerprint density at radius 1 is 1.17 bits per heavy atom. The lowest BCUT2D eigenvalue weighted by Gasteiger charge is -2.11. The number of hydrogen-bond acceptors (Lipinski definition) is 4. The van der Waals surface area contributed by atoms with Crippen LogP contribution in [0.2, 0.25) is 0 Å². The van der Waals surface area contributed by atoms with Crippen LogP contribution in [0.5, 0.6) is 5.75 Å². The Kier molecular flexibility index (Phi) is 5.80. The standard InChI is InChI=1S/C17H22N4O2/c1-12(2)20-17(22)21-14-6-9-16(19-11-14)18-10-13-4-7-15(23-3)8-5-13/h4-9,11-12H,10H2,1-3H3,(H,18,19)(H2,20,21,22). The number of ether oxygens (including phenoxy) is 1. The van der Waals surface area contributed by atoms with E-state index in [0.717, 1.165) is 17.1 Å². The third-order valence-electron chi connectivity index (χ3n) is 3.07. The smallest absolute Gasteiger partial charge is 0.319 e. The van der Waals surface area contributed by atoms with Gasteiger partial charge < -0.3 is 20.7 Å². The molecule has 0 aliphatic rings. The van der Waals surface area contributed by atoms with Gasteiger partial charge in [0.1, 0.15) is 11.6 Å². The lowest BCUT2D eigenvalue weighted by molar-refractivity contribution is 0.250. The first-order chi connectivity index (χ1) is 11.1. The summed E-state index contributed by atoms with van der Waals surface area (Å²) in [5.74, 6) is 1.58. The molecule has 1 aromatic heterocycles. The highest BCUT2D eigenvalue weighted by atomic mass is 16.5. The molecule has 0 bridgehead atoms. The van der Waals surface area contributed by atoms with E-state index >= 15 is 0 Å². The number of nitrogens with one attached hydrogen (secondary N) is 3. The molecule has 0 aliphatic heterocycles. The average molecular weight is 314 g/mol. The summed E-state index contributed by atoms with van der Waals surface area (Å²) in [6.07, 6.45) is 1.62. The highest BCUT2D eigenvalue weighted by Gasteiger charge is 2.03. The second-order valence-electron chi connectivity index (χ2n) is 5.39. The van der Waals surface area contributed by atoms with Gasteiger partial charge in [-0.05, 0) is 43.7 Å². The van der Waals surface area contributed by atoms with Crippen LogP contribution in [-0.2, 0) is 6.54 Å². The lowest BCUT2D eigenvalue weighted by atomic mass is 10.2. The summed E-state index contributed by atoms with van der Waals surface area (Å²) in [5.41, 5.74) is 1.78. The molecule has 0 saturated carbocycles. The number of hydrogen-bond donors (Lipinski definition) is 3. The third kappa shape index (κ3) is 5.50. The van der Waals surface area contributed by atoms with Gasteiger partial charge in [-0.15, -0.1) is 0 Å². The number of carbonyl (C=O) groups excluding carboxylic acids is 1. The van der Waals surface area contributed by atoms with E-state index in [2.05, 4.69) is 20.9 Å². The fourth-order valence-corrected chi connectivity index (χ4v) is 1.94. The van der Waals surface area contributed by atoms with Crippen molar-refractivity contribution in [2.24, 2.45) is 0 Å². The zero-order valence-electron chi connectivity index (χ0n) is 13.6. The van der Waals surface area contributed by atoms with Gasteiger partial charge in [0.15, 0.2) is 0 Å². The summed E-state index contributed by atoms with van der Waals surface area (Å²) in [4.78, 5) is 15.9. The maximum atomic E-state index is 11.6. The van der Waals surface area contributed by atoms with Crippen molar-refractivity contribution >= 4 is 17.5 Å². The van der Waals surface area contributed by atoms with Crippen molar-refractivity contribution in [1.29, 1.82) is 0 Å². The molecule has 122 valence electrons. The maximum Gasteiger partial charge on any atom is 0.319 e. The number of nitrogens with zero attached hydrogens (tertiary/aromatic N) is 1. The second kappa shape index (κ2) is 8.03. The van der Waals surface area contributed by atoms with Gasteiger partial charge >= 0.3 is 6.03 Å². The molecule has 3 N–H and O–H groups in total. The highest BCUT2D eigenvalue weighted by molar-refractivity contribution is 5.89. The number of benzene rings is 1. The van der Waals surface area contributed by atoms with Gasteiger partial charge in [0.25, 0.3) is 0 Å². The van der Waals surface area contributed by atoms with E-state index in [1.807, 2.05) is 50.2 Å². The first-order valence-electron chi connectivity index (χ1n) is 7.47. The van der Waals surface area contributed by atoms with Crippen LogP contribution in [0.15, 0.2) is 42.6 Å². The molecular weight excluding hydrogens is 292 g/mol. The molecule has 2 amide bonds. The van der Waals surface area contributed by atoms with Crippen molar-refractivity contribution < 1.29 is 9.53 Å². The van der Waals surface area contributed by atoms with Gasteiger partial charge in [-0.1, -0.05) is 12.1 Å². The fourth-order valence-electron chi connectivity index (χ4n) is 1.94. The summed E-state index contributed by atoms with van der Waals surface area (Å²) >= 11 is 0. The van der Waals surface area contributed by atoms with Gasteiger partial charge in [-0.2, -0.15) is 0 Å². The van der Waals surface area contributed by atoms with E-state index in [1.54, 1.807) is 13.3 Å². The van der Waals surface area contributed by atoms with E-state index in [4.69, 9.17) is 4.74 Å².